The Bertz CT molecular complexity index is 286. The molecular weight excluding hydrogens is 264 g/mol. The Balaban J connectivity index is 3.54. The maximum atomic E-state index is 11.8. The monoisotopic (exact) mass is 298 g/mol. The van der Waals surface area contributed by atoms with Gasteiger partial charge in [-0.25, -0.2) is 0 Å². The Morgan fingerprint density at radius 1 is 0.905 bits per heavy atom. The van der Waals surface area contributed by atoms with Gasteiger partial charge < -0.3 is 4.74 Å². The van der Waals surface area contributed by atoms with Gasteiger partial charge in [0.15, 0.2) is 0 Å². The number of hydrogen-bond donors (Lipinski definition) is 0. The smallest absolute Gasteiger partial charge is 0.302 e. The number of hydrogen-bond acceptors (Lipinski definition) is 3. The molecule has 0 saturated carbocycles. The van der Waals surface area contributed by atoms with Crippen molar-refractivity contribution >= 4 is 11.8 Å². The summed E-state index contributed by atoms with van der Waals surface area (Å²) in [5, 5.41) is 0. The molecule has 0 radical (unpaired) electrons. The number of unbranched alkanes of at least 4 members (excludes halogenated alkanes) is 5. The molecule has 21 heavy (non-hydrogen) atoms. The summed E-state index contributed by atoms with van der Waals surface area (Å²) < 4.78 is 5.16. The van der Waals surface area contributed by atoms with Crippen molar-refractivity contribution in [1.29, 1.82) is 0 Å². The Labute approximate surface area is 130 Å². The highest BCUT2D eigenvalue weighted by Crippen LogP contribution is 2.16. The second kappa shape index (κ2) is 12.8. The van der Waals surface area contributed by atoms with Gasteiger partial charge in [-0.2, -0.15) is 0 Å². The zero-order valence-electron chi connectivity index (χ0n) is 14.5. The van der Waals surface area contributed by atoms with E-state index in [-0.39, 0.29) is 12.1 Å². The van der Waals surface area contributed by atoms with Crippen molar-refractivity contribution in [1.82, 2.24) is 0 Å². The van der Waals surface area contributed by atoms with E-state index in [0.29, 0.717) is 18.1 Å². The van der Waals surface area contributed by atoms with E-state index in [1.54, 1.807) is 0 Å². The van der Waals surface area contributed by atoms with Gasteiger partial charge in [0.05, 0.1) is 0 Å². The van der Waals surface area contributed by atoms with Crippen molar-refractivity contribution in [3.05, 3.63) is 0 Å². The Morgan fingerprint density at radius 2 is 1.48 bits per heavy atom. The van der Waals surface area contributed by atoms with Gasteiger partial charge in [0.1, 0.15) is 11.9 Å². The molecule has 0 rings (SSSR count). The molecule has 3 nitrogen and oxygen atoms in total. The van der Waals surface area contributed by atoms with E-state index in [9.17, 15) is 9.59 Å². The van der Waals surface area contributed by atoms with Gasteiger partial charge in [0.2, 0.25) is 0 Å². The molecule has 0 aliphatic heterocycles. The Kier molecular flexibility index (Phi) is 12.3. The third kappa shape index (κ3) is 12.6. The van der Waals surface area contributed by atoms with Crippen molar-refractivity contribution in [2.24, 2.45) is 5.92 Å². The summed E-state index contributed by atoms with van der Waals surface area (Å²) in [6.07, 6.45) is 10.6. The summed E-state index contributed by atoms with van der Waals surface area (Å²) in [6, 6.07) is 0. The van der Waals surface area contributed by atoms with E-state index in [4.69, 9.17) is 4.74 Å². The molecule has 2 unspecified atom stereocenters. The minimum absolute atomic E-state index is 0.0591. The lowest BCUT2D eigenvalue weighted by Crippen LogP contribution is -2.20. The van der Waals surface area contributed by atoms with Gasteiger partial charge in [-0.15, -0.1) is 0 Å². The lowest BCUT2D eigenvalue weighted by atomic mass is 9.97. The molecule has 0 saturated heterocycles. The zero-order valence-corrected chi connectivity index (χ0v) is 14.5. The van der Waals surface area contributed by atoms with Crippen LogP contribution >= 0.6 is 0 Å². The molecule has 0 bridgehead atoms. The molecule has 0 aromatic carbocycles. The van der Waals surface area contributed by atoms with Crippen LogP contribution in [0.15, 0.2) is 0 Å². The molecule has 0 fully saturated rings. The summed E-state index contributed by atoms with van der Waals surface area (Å²) in [5.41, 5.74) is 0. The normalized spacial score (nSPS) is 13.7. The van der Waals surface area contributed by atoms with E-state index < -0.39 is 0 Å². The first-order valence-corrected chi connectivity index (χ1v) is 8.66. The number of carbonyl (C=O) groups is 2. The summed E-state index contributed by atoms with van der Waals surface area (Å²) in [7, 11) is 0. The molecule has 0 aromatic rings. The van der Waals surface area contributed by atoms with E-state index in [1.807, 2.05) is 6.92 Å². The Morgan fingerprint density at radius 3 is 2.10 bits per heavy atom. The first-order valence-electron chi connectivity index (χ1n) is 8.66. The average Bonchev–Trinajstić information content (AvgIpc) is 2.41. The molecular formula is C18H34O3. The van der Waals surface area contributed by atoms with E-state index in [0.717, 1.165) is 25.7 Å². The van der Waals surface area contributed by atoms with Gasteiger partial charge >= 0.3 is 5.97 Å². The molecule has 3 heteroatoms. The lowest BCUT2D eigenvalue weighted by Gasteiger charge is -2.19. The summed E-state index contributed by atoms with van der Waals surface area (Å²) in [4.78, 5) is 22.7. The molecule has 0 aromatic heterocycles. The fraction of sp³-hybridized carbons (Fsp3) is 0.889. The topological polar surface area (TPSA) is 43.4 Å². The molecule has 0 spiro atoms. The molecule has 0 aliphatic rings. The van der Waals surface area contributed by atoms with Gasteiger partial charge in [0, 0.05) is 19.8 Å². The maximum Gasteiger partial charge on any atom is 0.302 e. The van der Waals surface area contributed by atoms with Crippen molar-refractivity contribution in [3.63, 3.8) is 0 Å². The fourth-order valence-corrected chi connectivity index (χ4v) is 2.46. The fourth-order valence-electron chi connectivity index (χ4n) is 2.46. The lowest BCUT2D eigenvalue weighted by molar-refractivity contribution is -0.147. The van der Waals surface area contributed by atoms with Crippen LogP contribution in [-0.2, 0) is 14.3 Å². The molecule has 0 heterocycles. The van der Waals surface area contributed by atoms with Crippen LogP contribution in [0.5, 0.6) is 0 Å². The van der Waals surface area contributed by atoms with Gasteiger partial charge in [-0.1, -0.05) is 46.0 Å². The number of ether oxygens (including phenoxy) is 1. The number of esters is 1. The van der Waals surface area contributed by atoms with Crippen molar-refractivity contribution in [2.45, 2.75) is 98.0 Å². The van der Waals surface area contributed by atoms with Crippen LogP contribution in [0.4, 0.5) is 0 Å². The molecule has 2 atom stereocenters. The van der Waals surface area contributed by atoms with E-state index >= 15 is 0 Å². The largest absolute Gasteiger partial charge is 0.463 e. The highest BCUT2D eigenvalue weighted by Gasteiger charge is 2.15. The summed E-state index contributed by atoms with van der Waals surface area (Å²) in [5.74, 6) is 0.474. The third-order valence-corrected chi connectivity index (χ3v) is 4.08. The molecule has 0 N–H and O–H groups in total. The first kappa shape index (κ1) is 20.1. The molecule has 124 valence electrons. The van der Waals surface area contributed by atoms with Crippen LogP contribution in [0.3, 0.4) is 0 Å². The van der Waals surface area contributed by atoms with Crippen molar-refractivity contribution in [3.8, 4) is 0 Å². The number of rotatable bonds is 13. The third-order valence-electron chi connectivity index (χ3n) is 4.08. The summed E-state index contributed by atoms with van der Waals surface area (Å²) >= 11 is 0. The SMILES string of the molecule is CCCCCCCCC(=O)CCCC(C)C(C)OC(C)=O. The highest BCUT2D eigenvalue weighted by atomic mass is 16.5. The van der Waals surface area contributed by atoms with Gasteiger partial charge in [-0.3, -0.25) is 9.59 Å². The highest BCUT2D eigenvalue weighted by molar-refractivity contribution is 5.78. The minimum atomic E-state index is -0.228. The maximum absolute atomic E-state index is 11.8. The predicted octanol–water partition coefficient (Wildman–Crippen LogP) is 5.06. The second-order valence-corrected chi connectivity index (χ2v) is 6.24. The average molecular weight is 298 g/mol. The molecule has 0 amide bonds. The quantitative estimate of drug-likeness (QED) is 0.352. The second-order valence-electron chi connectivity index (χ2n) is 6.24. The predicted molar refractivity (Wildman–Crippen MR) is 87.2 cm³/mol. The molecule has 0 aliphatic carbocycles. The van der Waals surface area contributed by atoms with E-state index in [1.165, 1.54) is 39.0 Å². The van der Waals surface area contributed by atoms with Crippen LogP contribution in [0.25, 0.3) is 0 Å². The van der Waals surface area contributed by atoms with Crippen LogP contribution < -0.4 is 0 Å². The van der Waals surface area contributed by atoms with Crippen molar-refractivity contribution in [2.75, 3.05) is 0 Å². The van der Waals surface area contributed by atoms with Gasteiger partial charge in [0.25, 0.3) is 0 Å². The van der Waals surface area contributed by atoms with Crippen molar-refractivity contribution < 1.29 is 14.3 Å². The number of carbonyl (C=O) groups excluding carboxylic acids is 2. The minimum Gasteiger partial charge on any atom is -0.463 e. The number of Topliss-reactive ketones (excluding diaryl/α,β-unsaturated/α-hetero) is 1. The number of ketones is 1. The van der Waals surface area contributed by atoms with Gasteiger partial charge in [-0.05, 0) is 32.1 Å². The van der Waals surface area contributed by atoms with Crippen LogP contribution in [0.2, 0.25) is 0 Å². The Hall–Kier alpha value is -0.860. The summed E-state index contributed by atoms with van der Waals surface area (Å²) in [6.45, 7) is 7.65. The first-order chi connectivity index (χ1) is 9.97. The van der Waals surface area contributed by atoms with E-state index in [2.05, 4.69) is 13.8 Å². The van der Waals surface area contributed by atoms with Crippen LogP contribution in [0, 0.1) is 5.92 Å². The standard InChI is InChI=1S/C18H34O3/c1-5-6-7-8-9-10-13-18(20)14-11-12-15(2)16(3)21-17(4)19/h15-16H,5-14H2,1-4H3. The van der Waals surface area contributed by atoms with Crippen LogP contribution in [0.1, 0.15) is 91.9 Å². The van der Waals surface area contributed by atoms with Crippen LogP contribution in [-0.4, -0.2) is 17.9 Å². The zero-order chi connectivity index (χ0) is 16.1.